The van der Waals surface area contributed by atoms with Gasteiger partial charge < -0.3 is 0 Å². The van der Waals surface area contributed by atoms with Gasteiger partial charge >= 0.3 is 0 Å². The van der Waals surface area contributed by atoms with E-state index in [1.165, 1.54) is 6.20 Å². The van der Waals surface area contributed by atoms with E-state index >= 15 is 0 Å². The highest BCUT2D eigenvalue weighted by Gasteiger charge is 2.35. The maximum absolute atomic E-state index is 12.9. The van der Waals surface area contributed by atoms with Gasteiger partial charge in [-0.1, -0.05) is 55.0 Å². The molecule has 4 nitrogen and oxygen atoms in total. The van der Waals surface area contributed by atoms with Crippen LogP contribution in [0.4, 0.5) is 0 Å². The second kappa shape index (κ2) is 6.84. The van der Waals surface area contributed by atoms with Gasteiger partial charge in [-0.25, -0.2) is 12.7 Å². The van der Waals surface area contributed by atoms with Crippen LogP contribution in [0.5, 0.6) is 0 Å². The van der Waals surface area contributed by atoms with E-state index in [-0.39, 0.29) is 17.2 Å². The number of carbonyl (C=O) groups excluding carboxylic acids is 1. The van der Waals surface area contributed by atoms with E-state index in [0.717, 1.165) is 21.0 Å². The maximum atomic E-state index is 12.9. The molecule has 1 aliphatic heterocycles. The zero-order valence-corrected chi connectivity index (χ0v) is 15.2. The lowest BCUT2D eigenvalue weighted by Gasteiger charge is -2.30. The van der Waals surface area contributed by atoms with Crippen molar-refractivity contribution in [3.63, 3.8) is 0 Å². The van der Waals surface area contributed by atoms with Crippen LogP contribution < -0.4 is 0 Å². The predicted octanol–water partition coefficient (Wildman–Crippen LogP) is 3.99. The number of hydrogen-bond acceptors (Lipinski definition) is 3. The van der Waals surface area contributed by atoms with Gasteiger partial charge in [-0.05, 0) is 36.6 Å². The molecule has 0 saturated heterocycles. The molecule has 0 unspecified atom stereocenters. The van der Waals surface area contributed by atoms with Crippen molar-refractivity contribution in [2.75, 3.05) is 0 Å². The molecule has 25 heavy (non-hydrogen) atoms. The predicted molar refractivity (Wildman–Crippen MR) is 97.4 cm³/mol. The third kappa shape index (κ3) is 3.37. The molecule has 3 rings (SSSR count). The van der Waals surface area contributed by atoms with Crippen molar-refractivity contribution < 1.29 is 13.2 Å². The average molecular weight is 355 g/mol. The SMILES string of the molecule is CCC1=CN(S(=O)(=O)c2ccc(C)cc2)C(=O)C[C@@H]1c1ccccc1. The Morgan fingerprint density at radius 2 is 1.68 bits per heavy atom. The first-order valence-electron chi connectivity index (χ1n) is 8.33. The number of rotatable bonds is 4. The third-order valence-electron chi connectivity index (χ3n) is 4.54. The topological polar surface area (TPSA) is 54.5 Å². The highest BCUT2D eigenvalue weighted by Crippen LogP contribution is 2.36. The van der Waals surface area contributed by atoms with E-state index < -0.39 is 15.9 Å². The number of sulfonamides is 1. The van der Waals surface area contributed by atoms with Crippen molar-refractivity contribution in [3.05, 3.63) is 77.5 Å². The standard InChI is InChI=1S/C20H21NO3S/c1-3-16-14-21(25(23,24)18-11-9-15(2)10-12-18)20(22)13-19(16)17-7-5-4-6-8-17/h4-12,14,19H,3,13H2,1-2H3/t19-/m0/s1. The molecule has 0 aromatic heterocycles. The molecule has 0 bridgehead atoms. The largest absolute Gasteiger partial charge is 0.273 e. The second-order valence-electron chi connectivity index (χ2n) is 6.23. The molecule has 0 radical (unpaired) electrons. The summed E-state index contributed by atoms with van der Waals surface area (Å²) in [6.07, 6.45) is 2.36. The molecule has 2 aromatic carbocycles. The van der Waals surface area contributed by atoms with Gasteiger partial charge in [0.1, 0.15) is 0 Å². The summed E-state index contributed by atoms with van der Waals surface area (Å²) in [5.41, 5.74) is 2.95. The number of hydrogen-bond donors (Lipinski definition) is 0. The molecule has 0 aliphatic carbocycles. The van der Waals surface area contributed by atoms with Gasteiger partial charge in [0.25, 0.3) is 10.0 Å². The molecule has 0 spiro atoms. The highest BCUT2D eigenvalue weighted by atomic mass is 32.2. The van der Waals surface area contributed by atoms with Crippen molar-refractivity contribution in [1.82, 2.24) is 4.31 Å². The monoisotopic (exact) mass is 355 g/mol. The summed E-state index contributed by atoms with van der Waals surface area (Å²) in [6.45, 7) is 3.87. The average Bonchev–Trinajstić information content (AvgIpc) is 2.62. The van der Waals surface area contributed by atoms with Gasteiger partial charge in [0.2, 0.25) is 5.91 Å². The first-order valence-corrected chi connectivity index (χ1v) is 9.77. The van der Waals surface area contributed by atoms with Crippen molar-refractivity contribution in [1.29, 1.82) is 0 Å². The van der Waals surface area contributed by atoms with Gasteiger partial charge in [0.05, 0.1) is 4.90 Å². The molecule has 0 N–H and O–H groups in total. The lowest BCUT2D eigenvalue weighted by atomic mass is 9.85. The van der Waals surface area contributed by atoms with Gasteiger partial charge in [0, 0.05) is 18.5 Å². The van der Waals surface area contributed by atoms with Gasteiger partial charge in [0.15, 0.2) is 0 Å². The minimum Gasteiger partial charge on any atom is -0.273 e. The van der Waals surface area contributed by atoms with Crippen LogP contribution in [0.25, 0.3) is 0 Å². The van der Waals surface area contributed by atoms with Crippen LogP contribution in [0, 0.1) is 6.92 Å². The van der Waals surface area contributed by atoms with Crippen LogP contribution in [-0.2, 0) is 14.8 Å². The van der Waals surface area contributed by atoms with Crippen molar-refractivity contribution >= 4 is 15.9 Å². The van der Waals surface area contributed by atoms with Crippen LogP contribution in [0.15, 0.2) is 71.3 Å². The third-order valence-corrected chi connectivity index (χ3v) is 6.24. The summed E-state index contributed by atoms with van der Waals surface area (Å²) in [4.78, 5) is 12.8. The Morgan fingerprint density at radius 1 is 1.04 bits per heavy atom. The Labute approximate surface area is 148 Å². The van der Waals surface area contributed by atoms with Gasteiger partial charge in [-0.15, -0.1) is 0 Å². The number of carbonyl (C=O) groups is 1. The minimum absolute atomic E-state index is 0.0665. The van der Waals surface area contributed by atoms with E-state index in [2.05, 4.69) is 0 Å². The first kappa shape index (κ1) is 17.4. The van der Waals surface area contributed by atoms with Gasteiger partial charge in [-0.2, -0.15) is 0 Å². The van der Waals surface area contributed by atoms with Crippen LogP contribution in [0.3, 0.4) is 0 Å². The molecule has 2 aromatic rings. The Hall–Kier alpha value is -2.40. The van der Waals surface area contributed by atoms with Crippen LogP contribution in [-0.4, -0.2) is 18.6 Å². The fourth-order valence-corrected chi connectivity index (χ4v) is 4.41. The van der Waals surface area contributed by atoms with E-state index in [9.17, 15) is 13.2 Å². The fraction of sp³-hybridized carbons (Fsp3) is 0.250. The number of allylic oxidation sites excluding steroid dienone is 1. The van der Waals surface area contributed by atoms with Crippen molar-refractivity contribution in [2.24, 2.45) is 0 Å². The number of amides is 1. The first-order chi connectivity index (χ1) is 11.9. The Morgan fingerprint density at radius 3 is 2.28 bits per heavy atom. The quantitative estimate of drug-likeness (QED) is 0.833. The lowest BCUT2D eigenvalue weighted by molar-refractivity contribution is -0.125. The zero-order valence-electron chi connectivity index (χ0n) is 14.3. The van der Waals surface area contributed by atoms with Crippen LogP contribution >= 0.6 is 0 Å². The fourth-order valence-electron chi connectivity index (χ4n) is 3.09. The van der Waals surface area contributed by atoms with E-state index in [4.69, 9.17) is 0 Å². The van der Waals surface area contributed by atoms with Crippen LogP contribution in [0.2, 0.25) is 0 Å². The molecular formula is C20H21NO3S. The molecule has 1 aliphatic rings. The molecule has 5 heteroatoms. The minimum atomic E-state index is -3.87. The molecule has 0 saturated carbocycles. The summed E-state index contributed by atoms with van der Waals surface area (Å²) < 4.78 is 26.7. The summed E-state index contributed by atoms with van der Waals surface area (Å²) in [5.74, 6) is -0.463. The van der Waals surface area contributed by atoms with E-state index in [1.54, 1.807) is 24.3 Å². The number of benzene rings is 2. The summed E-state index contributed by atoms with van der Waals surface area (Å²) in [6, 6.07) is 16.3. The van der Waals surface area contributed by atoms with Crippen LogP contribution in [0.1, 0.15) is 36.8 Å². The lowest BCUT2D eigenvalue weighted by Crippen LogP contribution is -2.37. The van der Waals surface area contributed by atoms with Crippen molar-refractivity contribution in [2.45, 2.75) is 37.5 Å². The maximum Gasteiger partial charge on any atom is 0.270 e. The Kier molecular flexibility index (Phi) is 4.77. The number of aryl methyl sites for hydroxylation is 1. The van der Waals surface area contributed by atoms with E-state index in [1.807, 2.05) is 44.2 Å². The summed E-state index contributed by atoms with van der Waals surface area (Å²) >= 11 is 0. The smallest absolute Gasteiger partial charge is 0.270 e. The highest BCUT2D eigenvalue weighted by molar-refractivity contribution is 7.89. The summed E-state index contributed by atoms with van der Waals surface area (Å²) in [7, 11) is -3.87. The second-order valence-corrected chi connectivity index (χ2v) is 8.05. The Balaban J connectivity index is 2.01. The Bertz CT molecular complexity index is 900. The molecule has 1 heterocycles. The van der Waals surface area contributed by atoms with Crippen molar-refractivity contribution in [3.8, 4) is 0 Å². The molecule has 130 valence electrons. The molecule has 1 amide bonds. The zero-order chi connectivity index (χ0) is 18.0. The summed E-state index contributed by atoms with van der Waals surface area (Å²) in [5, 5.41) is 0. The molecular weight excluding hydrogens is 334 g/mol. The number of nitrogens with zero attached hydrogens (tertiary/aromatic N) is 1. The van der Waals surface area contributed by atoms with E-state index in [0.29, 0.717) is 6.42 Å². The molecule has 0 fully saturated rings. The van der Waals surface area contributed by atoms with Gasteiger partial charge in [-0.3, -0.25) is 4.79 Å². The molecule has 1 atom stereocenters. The normalized spacial score (nSPS) is 18.2.